The zero-order valence-electron chi connectivity index (χ0n) is 26.0. The number of aryl methyl sites for hydroxylation is 1. The molecule has 2 heterocycles. The Bertz CT molecular complexity index is 2090. The fourth-order valence-electron chi connectivity index (χ4n) is 5.08. The number of nitrogen functional groups attached to an aromatic ring is 1. The first-order valence-corrected chi connectivity index (χ1v) is 17.1. The zero-order chi connectivity index (χ0) is 33.2. The highest BCUT2D eigenvalue weighted by atomic mass is 32.2. The summed E-state index contributed by atoms with van der Waals surface area (Å²) < 4.78 is 30.4. The normalized spacial score (nSPS) is 11.6. The quantitative estimate of drug-likeness (QED) is 0.207. The first-order valence-electron chi connectivity index (χ1n) is 14.8. The number of nitrogens with zero attached hydrogens (tertiary/aromatic N) is 3. The third kappa shape index (κ3) is 6.44. The Labute approximate surface area is 271 Å². The Morgan fingerprint density at radius 3 is 2.30 bits per heavy atom. The highest BCUT2D eigenvalue weighted by Crippen LogP contribution is 2.32. The number of rotatable bonds is 10. The van der Waals surface area contributed by atoms with E-state index < -0.39 is 15.9 Å². The monoisotopic (exact) mass is 657 g/mol. The minimum Gasteiger partial charge on any atom is -0.390 e. The number of sulfonamides is 1. The lowest BCUT2D eigenvalue weighted by molar-refractivity contribution is 0.0758. The Morgan fingerprint density at radius 1 is 1.00 bits per heavy atom. The molecule has 3 aromatic carbocycles. The third-order valence-corrected chi connectivity index (χ3v) is 10.0. The lowest BCUT2D eigenvalue weighted by Gasteiger charge is -2.21. The fourth-order valence-corrected chi connectivity index (χ4v) is 7.23. The van der Waals surface area contributed by atoms with Crippen LogP contribution in [-0.4, -0.2) is 47.8 Å². The molecule has 0 aliphatic carbocycles. The summed E-state index contributed by atoms with van der Waals surface area (Å²) in [6.45, 7) is 5.96. The van der Waals surface area contributed by atoms with Gasteiger partial charge < -0.3 is 10.6 Å². The molecule has 10 nitrogen and oxygen atoms in total. The number of carbonyl (C=O) groups is 2. The van der Waals surface area contributed by atoms with Crippen LogP contribution in [0.3, 0.4) is 0 Å². The number of carbonyl (C=O) groups excluding carboxylic acids is 2. The predicted octanol–water partition coefficient (Wildman–Crippen LogP) is 5.31. The first kappa shape index (κ1) is 32.6. The predicted molar refractivity (Wildman–Crippen MR) is 182 cm³/mol. The van der Waals surface area contributed by atoms with Gasteiger partial charge in [0.1, 0.15) is 15.7 Å². The van der Waals surface area contributed by atoms with Gasteiger partial charge >= 0.3 is 0 Å². The topological polar surface area (TPSA) is 144 Å². The average Bonchev–Trinajstić information content (AvgIpc) is 3.38. The smallest absolute Gasteiger partial charge is 0.264 e. The van der Waals surface area contributed by atoms with Gasteiger partial charge in [0.05, 0.1) is 22.4 Å². The number of hydrogen-bond acceptors (Lipinski definition) is 8. The molecule has 46 heavy (non-hydrogen) atoms. The van der Waals surface area contributed by atoms with Gasteiger partial charge in [0, 0.05) is 30.6 Å². The van der Waals surface area contributed by atoms with Gasteiger partial charge in [-0.15, -0.1) is 0 Å². The molecule has 5 aromatic rings. The number of amides is 2. The van der Waals surface area contributed by atoms with E-state index in [1.807, 2.05) is 32.9 Å². The second-order valence-corrected chi connectivity index (χ2v) is 13.9. The highest BCUT2D eigenvalue weighted by molar-refractivity contribution is 7.90. The highest BCUT2D eigenvalue weighted by Gasteiger charge is 2.27. The summed E-state index contributed by atoms with van der Waals surface area (Å²) in [4.78, 5) is 46.7. The molecule has 0 aliphatic heterocycles. The first-order chi connectivity index (χ1) is 21.9. The van der Waals surface area contributed by atoms with Gasteiger partial charge in [-0.25, -0.2) is 18.1 Å². The maximum absolute atomic E-state index is 14.0. The molecule has 2 amide bonds. The molecule has 5 rings (SSSR count). The number of thiophene rings is 1. The summed E-state index contributed by atoms with van der Waals surface area (Å²) >= 11 is 1.14. The van der Waals surface area contributed by atoms with E-state index in [1.54, 1.807) is 65.0 Å². The van der Waals surface area contributed by atoms with Crippen LogP contribution in [0.5, 0.6) is 0 Å². The van der Waals surface area contributed by atoms with Crippen molar-refractivity contribution in [2.45, 2.75) is 51.1 Å². The molecule has 0 spiro atoms. The van der Waals surface area contributed by atoms with Gasteiger partial charge in [-0.05, 0) is 49.6 Å². The Balaban J connectivity index is 1.49. The van der Waals surface area contributed by atoms with Crippen LogP contribution in [-0.2, 0) is 23.0 Å². The summed E-state index contributed by atoms with van der Waals surface area (Å²) in [5.74, 6) is -0.463. The van der Waals surface area contributed by atoms with E-state index in [9.17, 15) is 22.8 Å². The number of anilines is 1. The molecule has 0 unspecified atom stereocenters. The lowest BCUT2D eigenvalue weighted by atomic mass is 10.0. The zero-order valence-corrected chi connectivity index (χ0v) is 27.6. The van der Waals surface area contributed by atoms with Crippen LogP contribution in [0.2, 0.25) is 0 Å². The molecule has 3 N–H and O–H groups in total. The van der Waals surface area contributed by atoms with Crippen LogP contribution in [0.25, 0.3) is 21.3 Å². The summed E-state index contributed by atoms with van der Waals surface area (Å²) in [5.41, 5.74) is 8.15. The maximum Gasteiger partial charge on any atom is 0.264 e. The second kappa shape index (κ2) is 13.3. The number of fused-ring (bicyclic) bond motifs is 1. The van der Waals surface area contributed by atoms with Crippen LogP contribution in [0.15, 0.2) is 88.6 Å². The van der Waals surface area contributed by atoms with Crippen LogP contribution < -0.4 is 16.0 Å². The summed E-state index contributed by atoms with van der Waals surface area (Å²) in [6.07, 6.45) is 1.31. The standard InChI is InChI=1S/C34H35N5O5S2/c1-5-11-27-36-32-29(28(30(35)45-32)33(41)38(4)21(2)3)34(42)39(27)20-22-16-18-23(19-17-22)25-14-9-10-15-26(25)46(43,44)37-31(40)24-12-7-6-8-13-24/h6-10,12-19,21H,5,11,20,35H2,1-4H3,(H,37,40). The largest absolute Gasteiger partial charge is 0.390 e. The average molecular weight is 658 g/mol. The van der Waals surface area contributed by atoms with Gasteiger partial charge in [0.25, 0.3) is 27.4 Å². The van der Waals surface area contributed by atoms with Crippen molar-refractivity contribution in [2.24, 2.45) is 0 Å². The minimum absolute atomic E-state index is 0.0401. The fraction of sp³-hybridized carbons (Fsp3) is 0.235. The van der Waals surface area contributed by atoms with E-state index in [4.69, 9.17) is 10.7 Å². The second-order valence-electron chi connectivity index (χ2n) is 11.2. The Kier molecular flexibility index (Phi) is 9.40. The number of nitrogens with one attached hydrogen (secondary N) is 1. The molecular weight excluding hydrogens is 623 g/mol. The SMILES string of the molecule is CCCc1nc2sc(N)c(C(=O)N(C)C(C)C)c2c(=O)n1Cc1ccc(-c2ccccc2S(=O)(=O)NC(=O)c2ccccc2)cc1. The van der Waals surface area contributed by atoms with Crippen LogP contribution in [0, 0.1) is 0 Å². The number of benzene rings is 3. The summed E-state index contributed by atoms with van der Waals surface area (Å²) in [6, 6.07) is 21.7. The summed E-state index contributed by atoms with van der Waals surface area (Å²) in [7, 11) is -2.52. The number of nitrogens with two attached hydrogens (primary N) is 1. The van der Waals surface area contributed by atoms with Gasteiger partial charge in [0.15, 0.2) is 0 Å². The van der Waals surface area contributed by atoms with Crippen LogP contribution in [0.4, 0.5) is 5.00 Å². The molecule has 0 radical (unpaired) electrons. The molecule has 2 aromatic heterocycles. The van der Waals surface area contributed by atoms with E-state index in [0.29, 0.717) is 28.2 Å². The van der Waals surface area contributed by atoms with Crippen molar-refractivity contribution in [3.63, 3.8) is 0 Å². The van der Waals surface area contributed by atoms with Crippen molar-refractivity contribution >= 4 is 48.4 Å². The van der Waals surface area contributed by atoms with Gasteiger partial charge in [-0.2, -0.15) is 0 Å². The lowest BCUT2D eigenvalue weighted by Crippen LogP contribution is -2.34. The van der Waals surface area contributed by atoms with Gasteiger partial charge in [0.2, 0.25) is 0 Å². The maximum atomic E-state index is 14.0. The molecule has 0 aliphatic rings. The minimum atomic E-state index is -4.20. The molecule has 0 atom stereocenters. The van der Waals surface area contributed by atoms with Crippen molar-refractivity contribution in [3.05, 3.63) is 112 Å². The van der Waals surface area contributed by atoms with E-state index in [-0.39, 0.29) is 50.5 Å². The molecule has 12 heteroatoms. The van der Waals surface area contributed by atoms with E-state index in [0.717, 1.165) is 23.3 Å². The van der Waals surface area contributed by atoms with E-state index in [2.05, 4.69) is 4.72 Å². The van der Waals surface area contributed by atoms with Gasteiger partial charge in [-0.1, -0.05) is 78.9 Å². The third-order valence-electron chi connectivity index (χ3n) is 7.75. The molecular formula is C34H35N5O5S2. The van der Waals surface area contributed by atoms with E-state index >= 15 is 0 Å². The van der Waals surface area contributed by atoms with Crippen LogP contribution >= 0.6 is 11.3 Å². The van der Waals surface area contributed by atoms with E-state index in [1.165, 1.54) is 18.2 Å². The summed E-state index contributed by atoms with van der Waals surface area (Å²) in [5, 5.41) is 0.475. The molecule has 0 bridgehead atoms. The van der Waals surface area contributed by atoms with Crippen molar-refractivity contribution in [3.8, 4) is 11.1 Å². The van der Waals surface area contributed by atoms with Crippen LogP contribution in [0.1, 0.15) is 59.3 Å². The molecule has 238 valence electrons. The molecule has 0 saturated heterocycles. The Morgan fingerprint density at radius 2 is 1.65 bits per heavy atom. The van der Waals surface area contributed by atoms with Crippen molar-refractivity contribution in [2.75, 3.05) is 12.8 Å². The van der Waals surface area contributed by atoms with Gasteiger partial charge in [-0.3, -0.25) is 19.0 Å². The van der Waals surface area contributed by atoms with Crippen molar-refractivity contribution < 1.29 is 18.0 Å². The number of aromatic nitrogens is 2. The van der Waals surface area contributed by atoms with Crippen molar-refractivity contribution in [1.82, 2.24) is 19.2 Å². The number of hydrogen-bond donors (Lipinski definition) is 2. The molecule has 0 saturated carbocycles. The molecule has 0 fully saturated rings. The van der Waals surface area contributed by atoms with Crippen molar-refractivity contribution in [1.29, 1.82) is 0 Å². The Hall–Kier alpha value is -4.81.